The Balaban J connectivity index is 1.82. The normalized spacial score (nSPS) is 11.1. The molecule has 0 atom stereocenters. The van der Waals surface area contributed by atoms with E-state index in [0.29, 0.717) is 0 Å². The Bertz CT molecular complexity index is 970. The molecule has 1 heterocycles. The number of aryl methyl sites for hydroxylation is 1. The van der Waals surface area contributed by atoms with Gasteiger partial charge in [0.05, 0.1) is 5.52 Å². The summed E-state index contributed by atoms with van der Waals surface area (Å²) in [5.41, 5.74) is 4.81. The molecule has 1 nitrogen and oxygen atoms in total. The lowest BCUT2D eigenvalue weighted by Crippen LogP contribution is -1.94. The highest BCUT2D eigenvalue weighted by atomic mass is 14.7. The third-order valence-electron chi connectivity index (χ3n) is 4.05. The summed E-state index contributed by atoms with van der Waals surface area (Å²) in [6.45, 7) is 2.06. The zero-order valence-electron chi connectivity index (χ0n) is 12.5. The summed E-state index contributed by atoms with van der Waals surface area (Å²) in [5, 5.41) is 3.66. The largest absolute Gasteiger partial charge is 0.253 e. The molecule has 105 valence electrons. The van der Waals surface area contributed by atoms with Crippen LogP contribution in [0.25, 0.3) is 21.7 Å². The van der Waals surface area contributed by atoms with Crippen LogP contribution in [0.5, 0.6) is 0 Å². The zero-order chi connectivity index (χ0) is 14.9. The van der Waals surface area contributed by atoms with Gasteiger partial charge in [-0.1, -0.05) is 54.6 Å². The lowest BCUT2D eigenvalue weighted by molar-refractivity contribution is 1.17. The van der Waals surface area contributed by atoms with E-state index in [1.165, 1.54) is 27.3 Å². The fourth-order valence-electron chi connectivity index (χ4n) is 3.04. The number of benzene rings is 3. The third-order valence-corrected chi connectivity index (χ3v) is 4.05. The lowest BCUT2D eigenvalue weighted by Gasteiger charge is -2.09. The molecule has 22 heavy (non-hydrogen) atoms. The average Bonchev–Trinajstić information content (AvgIpc) is 2.54. The smallest absolute Gasteiger partial charge is 0.0708 e. The van der Waals surface area contributed by atoms with E-state index in [9.17, 15) is 0 Å². The summed E-state index contributed by atoms with van der Waals surface area (Å²) in [7, 11) is 0. The highest BCUT2D eigenvalue weighted by molar-refractivity contribution is 5.84. The average molecular weight is 282 g/mol. The van der Waals surface area contributed by atoms with Gasteiger partial charge in [-0.05, 0) is 53.4 Å². The van der Waals surface area contributed by atoms with Crippen LogP contribution in [0.2, 0.25) is 0 Å². The molecule has 0 aliphatic rings. The standard InChI is InChI=1S/C21H16N/c1-15-12-19(20-8-4-5-9-21(20)22-15)14-16-10-11-17-6-2-3-7-18(17)13-16/h2-5,7-13H,14H2,1H3. The van der Waals surface area contributed by atoms with E-state index in [2.05, 4.69) is 66.5 Å². The molecule has 0 spiro atoms. The van der Waals surface area contributed by atoms with Crippen LogP contribution in [0.3, 0.4) is 0 Å². The molecule has 0 aliphatic heterocycles. The second-order valence-corrected chi connectivity index (χ2v) is 5.71. The fourth-order valence-corrected chi connectivity index (χ4v) is 3.04. The van der Waals surface area contributed by atoms with Crippen molar-refractivity contribution in [3.05, 3.63) is 89.6 Å². The summed E-state index contributed by atoms with van der Waals surface area (Å²) in [4.78, 5) is 4.62. The van der Waals surface area contributed by atoms with E-state index in [1.807, 2.05) is 18.2 Å². The van der Waals surface area contributed by atoms with Crippen molar-refractivity contribution in [1.82, 2.24) is 4.98 Å². The maximum atomic E-state index is 4.62. The maximum absolute atomic E-state index is 4.62. The highest BCUT2D eigenvalue weighted by Gasteiger charge is 2.05. The topological polar surface area (TPSA) is 12.9 Å². The first-order valence-corrected chi connectivity index (χ1v) is 7.54. The van der Waals surface area contributed by atoms with Crippen LogP contribution in [0.15, 0.2) is 66.7 Å². The summed E-state index contributed by atoms with van der Waals surface area (Å²) >= 11 is 0. The lowest BCUT2D eigenvalue weighted by atomic mass is 9.98. The van der Waals surface area contributed by atoms with Crippen LogP contribution in [0.4, 0.5) is 0 Å². The summed E-state index contributed by atoms with van der Waals surface area (Å²) in [5.74, 6) is 0. The molecule has 0 amide bonds. The van der Waals surface area contributed by atoms with Gasteiger partial charge < -0.3 is 0 Å². The number of pyridine rings is 1. The number of hydrogen-bond donors (Lipinski definition) is 0. The predicted molar refractivity (Wildman–Crippen MR) is 92.1 cm³/mol. The van der Waals surface area contributed by atoms with E-state index in [1.54, 1.807) is 0 Å². The Kier molecular flexibility index (Phi) is 3.12. The van der Waals surface area contributed by atoms with E-state index in [0.717, 1.165) is 17.6 Å². The summed E-state index contributed by atoms with van der Waals surface area (Å²) in [6, 6.07) is 26.6. The Labute approximate surface area is 130 Å². The third kappa shape index (κ3) is 2.35. The molecule has 0 saturated heterocycles. The minimum Gasteiger partial charge on any atom is -0.253 e. The van der Waals surface area contributed by atoms with Crippen molar-refractivity contribution in [2.24, 2.45) is 0 Å². The van der Waals surface area contributed by atoms with Crippen molar-refractivity contribution < 1.29 is 0 Å². The molecule has 4 aromatic rings. The molecule has 3 aromatic carbocycles. The van der Waals surface area contributed by atoms with Crippen molar-refractivity contribution in [3.8, 4) is 0 Å². The molecule has 0 fully saturated rings. The van der Waals surface area contributed by atoms with Crippen molar-refractivity contribution >= 4 is 21.7 Å². The first-order chi connectivity index (χ1) is 10.8. The van der Waals surface area contributed by atoms with Gasteiger partial charge in [0.15, 0.2) is 0 Å². The molecule has 1 radical (unpaired) electrons. The Morgan fingerprint density at radius 1 is 0.955 bits per heavy atom. The van der Waals surface area contributed by atoms with Gasteiger partial charge in [-0.3, -0.25) is 4.98 Å². The number of rotatable bonds is 2. The van der Waals surface area contributed by atoms with Crippen molar-refractivity contribution in [2.75, 3.05) is 0 Å². The fraction of sp³-hybridized carbons (Fsp3) is 0.0952. The van der Waals surface area contributed by atoms with Crippen LogP contribution in [-0.4, -0.2) is 4.98 Å². The quantitative estimate of drug-likeness (QED) is 0.499. The molecule has 0 aliphatic carbocycles. The van der Waals surface area contributed by atoms with Crippen molar-refractivity contribution in [1.29, 1.82) is 0 Å². The molecular formula is C21H16N. The van der Waals surface area contributed by atoms with Crippen LogP contribution in [0.1, 0.15) is 16.8 Å². The predicted octanol–water partition coefficient (Wildman–Crippen LogP) is 5.09. The van der Waals surface area contributed by atoms with E-state index >= 15 is 0 Å². The number of para-hydroxylation sites is 1. The zero-order valence-corrected chi connectivity index (χ0v) is 12.5. The molecule has 0 bridgehead atoms. The van der Waals surface area contributed by atoms with Gasteiger partial charge in [0.2, 0.25) is 0 Å². The molecule has 1 heteroatoms. The second-order valence-electron chi connectivity index (χ2n) is 5.71. The Morgan fingerprint density at radius 2 is 1.86 bits per heavy atom. The van der Waals surface area contributed by atoms with E-state index in [-0.39, 0.29) is 0 Å². The van der Waals surface area contributed by atoms with Crippen LogP contribution >= 0.6 is 0 Å². The first-order valence-electron chi connectivity index (χ1n) is 7.54. The molecule has 0 saturated carbocycles. The minimum absolute atomic E-state index is 0.925. The molecule has 0 N–H and O–H groups in total. The summed E-state index contributed by atoms with van der Waals surface area (Å²) in [6.07, 6.45) is 0.925. The van der Waals surface area contributed by atoms with Gasteiger partial charge in [0.25, 0.3) is 0 Å². The molecule has 0 unspecified atom stereocenters. The van der Waals surface area contributed by atoms with Crippen LogP contribution < -0.4 is 0 Å². The molecular weight excluding hydrogens is 266 g/mol. The van der Waals surface area contributed by atoms with Gasteiger partial charge in [-0.2, -0.15) is 0 Å². The minimum atomic E-state index is 0.925. The highest BCUT2D eigenvalue weighted by Crippen LogP contribution is 2.23. The maximum Gasteiger partial charge on any atom is 0.0708 e. The monoisotopic (exact) mass is 282 g/mol. The Morgan fingerprint density at radius 3 is 2.82 bits per heavy atom. The number of fused-ring (bicyclic) bond motifs is 2. The SMILES string of the molecule is Cc1cc(Cc2ccc3[c]cccc3c2)c2ccccc2n1. The van der Waals surface area contributed by atoms with Crippen molar-refractivity contribution in [2.45, 2.75) is 13.3 Å². The number of nitrogens with zero attached hydrogens (tertiary/aromatic N) is 1. The van der Waals surface area contributed by atoms with Gasteiger partial charge in [0.1, 0.15) is 0 Å². The van der Waals surface area contributed by atoms with Gasteiger partial charge in [0, 0.05) is 11.1 Å². The van der Waals surface area contributed by atoms with Gasteiger partial charge in [-0.15, -0.1) is 0 Å². The van der Waals surface area contributed by atoms with Crippen molar-refractivity contribution in [3.63, 3.8) is 0 Å². The summed E-state index contributed by atoms with van der Waals surface area (Å²) < 4.78 is 0. The number of aromatic nitrogens is 1. The first kappa shape index (κ1) is 13.0. The Hall–Kier alpha value is -2.67. The molecule has 4 rings (SSSR count). The van der Waals surface area contributed by atoms with Crippen LogP contribution in [-0.2, 0) is 6.42 Å². The molecule has 1 aromatic heterocycles. The van der Waals surface area contributed by atoms with E-state index in [4.69, 9.17) is 0 Å². The second kappa shape index (κ2) is 5.27. The van der Waals surface area contributed by atoms with Crippen LogP contribution in [0, 0.1) is 13.0 Å². The number of hydrogen-bond acceptors (Lipinski definition) is 1. The van der Waals surface area contributed by atoms with E-state index < -0.39 is 0 Å². The van der Waals surface area contributed by atoms with Gasteiger partial charge >= 0.3 is 0 Å². The van der Waals surface area contributed by atoms with Gasteiger partial charge in [-0.25, -0.2) is 0 Å².